The Bertz CT molecular complexity index is 997. The van der Waals surface area contributed by atoms with E-state index in [0.717, 1.165) is 34.3 Å². The molecule has 0 bridgehead atoms. The minimum atomic E-state index is -0.160. The first kappa shape index (κ1) is 19.2. The molecule has 0 aliphatic heterocycles. The zero-order valence-electron chi connectivity index (χ0n) is 16.0. The minimum absolute atomic E-state index is 0.0682. The van der Waals surface area contributed by atoms with Gasteiger partial charge in [0.25, 0.3) is 5.91 Å². The molecule has 7 heteroatoms. The molecule has 3 aromatic rings. The van der Waals surface area contributed by atoms with Gasteiger partial charge in [-0.3, -0.25) is 4.79 Å². The van der Waals surface area contributed by atoms with Gasteiger partial charge in [-0.05, 0) is 50.5 Å². The molecule has 6 nitrogen and oxygen atoms in total. The van der Waals surface area contributed by atoms with E-state index in [4.69, 9.17) is 16.3 Å². The highest BCUT2D eigenvalue weighted by Gasteiger charge is 2.17. The molecule has 0 atom stereocenters. The highest BCUT2D eigenvalue weighted by molar-refractivity contribution is 6.31. The third kappa shape index (κ3) is 3.90. The number of amides is 1. The summed E-state index contributed by atoms with van der Waals surface area (Å²) in [6.45, 7) is 8.45. The number of hydrogen-bond acceptors (Lipinski definition) is 4. The van der Waals surface area contributed by atoms with Gasteiger partial charge in [-0.25, -0.2) is 4.68 Å². The third-order valence-electron chi connectivity index (χ3n) is 4.38. The van der Waals surface area contributed by atoms with Crippen LogP contribution in [0.15, 0.2) is 24.3 Å². The van der Waals surface area contributed by atoms with Crippen molar-refractivity contribution in [1.29, 1.82) is 0 Å². The highest BCUT2D eigenvalue weighted by atomic mass is 35.5. The summed E-state index contributed by atoms with van der Waals surface area (Å²) in [6.07, 6.45) is 0.881. The van der Waals surface area contributed by atoms with Crippen molar-refractivity contribution < 1.29 is 9.53 Å². The molecular weight excluding hydrogens is 364 g/mol. The Morgan fingerprint density at radius 1 is 1.30 bits per heavy atom. The number of carbonyl (C=O) groups excluding carboxylic acids is 1. The summed E-state index contributed by atoms with van der Waals surface area (Å²) in [4.78, 5) is 16.4. The number of aromatic nitrogens is 3. The topological polar surface area (TPSA) is 69.0 Å². The Hall–Kier alpha value is -2.60. The maximum absolute atomic E-state index is 11.8. The lowest BCUT2D eigenvalue weighted by Gasteiger charge is -2.10. The van der Waals surface area contributed by atoms with Crippen LogP contribution in [-0.2, 0) is 4.79 Å². The Morgan fingerprint density at radius 3 is 2.81 bits per heavy atom. The number of hydrogen-bond donors (Lipinski definition) is 1. The molecule has 142 valence electrons. The average molecular weight is 387 g/mol. The van der Waals surface area contributed by atoms with Gasteiger partial charge in [0.15, 0.2) is 12.3 Å². The molecule has 0 fully saturated rings. The number of pyridine rings is 1. The van der Waals surface area contributed by atoms with E-state index in [1.54, 1.807) is 4.68 Å². The smallest absolute Gasteiger partial charge is 0.258 e. The average Bonchev–Trinajstić information content (AvgIpc) is 2.97. The quantitative estimate of drug-likeness (QED) is 0.697. The molecule has 27 heavy (non-hydrogen) atoms. The van der Waals surface area contributed by atoms with Gasteiger partial charge in [-0.1, -0.05) is 24.6 Å². The monoisotopic (exact) mass is 386 g/mol. The lowest BCUT2D eigenvalue weighted by atomic mass is 10.1. The van der Waals surface area contributed by atoms with Crippen LogP contribution < -0.4 is 10.1 Å². The van der Waals surface area contributed by atoms with Crippen LogP contribution in [0.1, 0.15) is 30.2 Å². The highest BCUT2D eigenvalue weighted by Crippen LogP contribution is 2.29. The van der Waals surface area contributed by atoms with Crippen molar-refractivity contribution in [3.8, 4) is 11.6 Å². The van der Waals surface area contributed by atoms with E-state index in [1.807, 2.05) is 52.0 Å². The predicted molar refractivity (Wildman–Crippen MR) is 107 cm³/mol. The fourth-order valence-corrected chi connectivity index (χ4v) is 3.17. The normalized spacial score (nSPS) is 11.0. The van der Waals surface area contributed by atoms with Gasteiger partial charge in [0.1, 0.15) is 0 Å². The van der Waals surface area contributed by atoms with Crippen molar-refractivity contribution >= 4 is 28.5 Å². The molecule has 2 heterocycles. The van der Waals surface area contributed by atoms with Gasteiger partial charge in [0, 0.05) is 23.0 Å². The van der Waals surface area contributed by atoms with Crippen LogP contribution in [-0.4, -0.2) is 33.8 Å². The molecule has 0 saturated heterocycles. The van der Waals surface area contributed by atoms with Crippen molar-refractivity contribution in [2.45, 2.75) is 34.1 Å². The van der Waals surface area contributed by atoms with Crippen molar-refractivity contribution in [1.82, 2.24) is 20.1 Å². The standard InChI is InChI=1S/C20H23ClN4O2/c1-5-9-22-17(26)11-27-18-10-12(2)19-14(4)24-25(20(19)23-18)16-8-6-7-15(21)13(16)3/h6-8,10H,5,9,11H2,1-4H3,(H,22,26). The first-order valence-corrected chi connectivity index (χ1v) is 9.32. The molecule has 0 spiro atoms. The number of aryl methyl sites for hydroxylation is 2. The molecule has 0 unspecified atom stereocenters. The third-order valence-corrected chi connectivity index (χ3v) is 4.79. The lowest BCUT2D eigenvalue weighted by Crippen LogP contribution is -2.29. The van der Waals surface area contributed by atoms with E-state index in [2.05, 4.69) is 15.4 Å². The van der Waals surface area contributed by atoms with E-state index < -0.39 is 0 Å². The molecule has 0 radical (unpaired) electrons. The van der Waals surface area contributed by atoms with Crippen molar-refractivity contribution in [3.63, 3.8) is 0 Å². The number of ether oxygens (including phenoxy) is 1. The number of benzene rings is 1. The number of halogens is 1. The van der Waals surface area contributed by atoms with E-state index in [1.165, 1.54) is 0 Å². The van der Waals surface area contributed by atoms with Gasteiger partial charge in [-0.15, -0.1) is 0 Å². The molecule has 0 aliphatic rings. The first-order chi connectivity index (χ1) is 12.9. The number of nitrogens with zero attached hydrogens (tertiary/aromatic N) is 3. The number of fused-ring (bicyclic) bond motifs is 1. The largest absolute Gasteiger partial charge is 0.468 e. The second kappa shape index (κ2) is 7.96. The summed E-state index contributed by atoms with van der Waals surface area (Å²) < 4.78 is 7.40. The first-order valence-electron chi connectivity index (χ1n) is 8.94. The number of nitrogens with one attached hydrogen (secondary N) is 1. The lowest BCUT2D eigenvalue weighted by molar-refractivity contribution is -0.123. The van der Waals surface area contributed by atoms with Gasteiger partial charge in [0.05, 0.1) is 11.4 Å². The Labute approximate surface area is 163 Å². The summed E-state index contributed by atoms with van der Waals surface area (Å²) in [6, 6.07) is 7.52. The van der Waals surface area contributed by atoms with Crippen molar-refractivity contribution in [2.24, 2.45) is 0 Å². The predicted octanol–water partition coefficient (Wildman–Crippen LogP) is 3.90. The maximum Gasteiger partial charge on any atom is 0.258 e. The number of rotatable bonds is 6. The van der Waals surface area contributed by atoms with Crippen LogP contribution in [0, 0.1) is 20.8 Å². The zero-order valence-corrected chi connectivity index (χ0v) is 16.7. The van der Waals surface area contributed by atoms with Crippen LogP contribution in [0.4, 0.5) is 0 Å². The fraction of sp³-hybridized carbons (Fsp3) is 0.350. The molecule has 1 N–H and O–H groups in total. The minimum Gasteiger partial charge on any atom is -0.468 e. The molecule has 0 aliphatic carbocycles. The van der Waals surface area contributed by atoms with Crippen molar-refractivity contribution in [2.75, 3.05) is 13.2 Å². The van der Waals surface area contributed by atoms with E-state index >= 15 is 0 Å². The Morgan fingerprint density at radius 2 is 2.07 bits per heavy atom. The van der Waals surface area contributed by atoms with E-state index in [9.17, 15) is 4.79 Å². The Balaban J connectivity index is 2.00. The van der Waals surface area contributed by atoms with Gasteiger partial charge >= 0.3 is 0 Å². The van der Waals surface area contributed by atoms with Gasteiger partial charge < -0.3 is 10.1 Å². The molecule has 2 aromatic heterocycles. The molecule has 1 aromatic carbocycles. The fourth-order valence-electron chi connectivity index (χ4n) is 3.00. The van der Waals surface area contributed by atoms with Crippen LogP contribution >= 0.6 is 11.6 Å². The van der Waals surface area contributed by atoms with Crippen LogP contribution in [0.25, 0.3) is 16.7 Å². The second-order valence-corrected chi connectivity index (χ2v) is 6.90. The molecule has 1 amide bonds. The Kier molecular flexibility index (Phi) is 5.65. The summed E-state index contributed by atoms with van der Waals surface area (Å²) in [5.74, 6) is 0.235. The molecule has 3 rings (SSSR count). The van der Waals surface area contributed by atoms with Crippen LogP contribution in [0.3, 0.4) is 0 Å². The van der Waals surface area contributed by atoms with Crippen LogP contribution in [0.5, 0.6) is 5.88 Å². The van der Waals surface area contributed by atoms with Gasteiger partial charge in [0.2, 0.25) is 5.88 Å². The van der Waals surface area contributed by atoms with E-state index in [0.29, 0.717) is 23.1 Å². The summed E-state index contributed by atoms with van der Waals surface area (Å²) in [7, 11) is 0. The SMILES string of the molecule is CCCNC(=O)COc1cc(C)c2c(C)nn(-c3cccc(Cl)c3C)c2n1. The molecular formula is C20H23ClN4O2. The van der Waals surface area contributed by atoms with Gasteiger partial charge in [-0.2, -0.15) is 10.1 Å². The number of carbonyl (C=O) groups is 1. The zero-order chi connectivity index (χ0) is 19.6. The van der Waals surface area contributed by atoms with E-state index in [-0.39, 0.29) is 12.5 Å². The van der Waals surface area contributed by atoms with Crippen LogP contribution in [0.2, 0.25) is 5.02 Å². The second-order valence-electron chi connectivity index (χ2n) is 6.50. The maximum atomic E-state index is 11.8. The van der Waals surface area contributed by atoms with Crippen molar-refractivity contribution in [3.05, 3.63) is 46.1 Å². The summed E-state index contributed by atoms with van der Waals surface area (Å²) >= 11 is 6.28. The summed E-state index contributed by atoms with van der Waals surface area (Å²) in [5, 5.41) is 9.09. The summed E-state index contributed by atoms with van der Waals surface area (Å²) in [5.41, 5.74) is 4.34. The molecule has 0 saturated carbocycles.